The van der Waals surface area contributed by atoms with Crippen LogP contribution in [0.5, 0.6) is 5.75 Å². The van der Waals surface area contributed by atoms with Crippen LogP contribution in [-0.2, 0) is 9.47 Å². The standard InChI is InChI=1S/C13H17ClO4/c1-16-7-8-17-5-2-6-18-13-4-3-12(14)9-11(13)10-15/h3-4,9-10H,2,5-8H2,1H3. The number of halogens is 1. The number of ether oxygens (including phenoxy) is 3. The van der Waals surface area contributed by atoms with Crippen molar-refractivity contribution in [1.29, 1.82) is 0 Å². The van der Waals surface area contributed by atoms with Crippen molar-refractivity contribution >= 4 is 17.9 Å². The number of rotatable bonds is 9. The maximum Gasteiger partial charge on any atom is 0.153 e. The van der Waals surface area contributed by atoms with Crippen molar-refractivity contribution in [2.24, 2.45) is 0 Å². The smallest absolute Gasteiger partial charge is 0.153 e. The Kier molecular flexibility index (Phi) is 7.41. The van der Waals surface area contributed by atoms with E-state index in [1.807, 2.05) is 0 Å². The summed E-state index contributed by atoms with van der Waals surface area (Å²) in [5, 5.41) is 0.521. The first-order valence-corrected chi connectivity index (χ1v) is 6.10. The highest BCUT2D eigenvalue weighted by atomic mass is 35.5. The number of aldehydes is 1. The molecule has 0 amide bonds. The fourth-order valence-electron chi connectivity index (χ4n) is 1.33. The maximum absolute atomic E-state index is 10.8. The lowest BCUT2D eigenvalue weighted by Gasteiger charge is -2.08. The Morgan fingerprint density at radius 2 is 2.06 bits per heavy atom. The first-order chi connectivity index (χ1) is 8.77. The van der Waals surface area contributed by atoms with E-state index in [-0.39, 0.29) is 0 Å². The van der Waals surface area contributed by atoms with Crippen molar-refractivity contribution in [2.75, 3.05) is 33.5 Å². The van der Waals surface area contributed by atoms with Crippen molar-refractivity contribution in [3.63, 3.8) is 0 Å². The van der Waals surface area contributed by atoms with Crippen LogP contribution in [0.15, 0.2) is 18.2 Å². The quantitative estimate of drug-likeness (QED) is 0.512. The maximum atomic E-state index is 10.8. The van der Waals surface area contributed by atoms with E-state index in [1.54, 1.807) is 25.3 Å². The largest absolute Gasteiger partial charge is 0.493 e. The normalized spacial score (nSPS) is 10.3. The van der Waals surface area contributed by atoms with Crippen LogP contribution in [0.4, 0.5) is 0 Å². The van der Waals surface area contributed by atoms with Gasteiger partial charge in [0.05, 0.1) is 25.4 Å². The molecule has 5 heteroatoms. The third-order valence-electron chi connectivity index (χ3n) is 2.22. The number of carbonyl (C=O) groups is 1. The number of benzene rings is 1. The molecule has 0 unspecified atom stereocenters. The fourth-order valence-corrected chi connectivity index (χ4v) is 1.51. The Bertz CT molecular complexity index is 368. The molecule has 0 heterocycles. The molecular weight excluding hydrogens is 256 g/mol. The molecule has 0 radical (unpaired) electrons. The summed E-state index contributed by atoms with van der Waals surface area (Å²) in [6.45, 7) is 2.27. The minimum Gasteiger partial charge on any atom is -0.493 e. The molecule has 1 aromatic carbocycles. The molecule has 0 aromatic heterocycles. The molecule has 0 bridgehead atoms. The van der Waals surface area contributed by atoms with Crippen LogP contribution in [0.2, 0.25) is 5.02 Å². The average molecular weight is 273 g/mol. The monoisotopic (exact) mass is 272 g/mol. The second kappa shape index (κ2) is 8.91. The first kappa shape index (κ1) is 15.0. The van der Waals surface area contributed by atoms with Gasteiger partial charge >= 0.3 is 0 Å². The molecule has 18 heavy (non-hydrogen) atoms. The second-order valence-electron chi connectivity index (χ2n) is 3.61. The van der Waals surface area contributed by atoms with Gasteiger partial charge in [0, 0.05) is 25.2 Å². The van der Waals surface area contributed by atoms with Crippen molar-refractivity contribution < 1.29 is 19.0 Å². The van der Waals surface area contributed by atoms with Gasteiger partial charge in [-0.05, 0) is 18.2 Å². The molecule has 0 atom stereocenters. The fraction of sp³-hybridized carbons (Fsp3) is 0.462. The van der Waals surface area contributed by atoms with Crippen molar-refractivity contribution in [1.82, 2.24) is 0 Å². The van der Waals surface area contributed by atoms with E-state index in [9.17, 15) is 4.79 Å². The molecule has 1 aromatic rings. The first-order valence-electron chi connectivity index (χ1n) is 5.72. The van der Waals surface area contributed by atoms with Crippen molar-refractivity contribution in [3.05, 3.63) is 28.8 Å². The van der Waals surface area contributed by atoms with E-state index in [0.29, 0.717) is 42.8 Å². The molecule has 0 N–H and O–H groups in total. The van der Waals surface area contributed by atoms with Crippen molar-refractivity contribution in [3.8, 4) is 5.75 Å². The van der Waals surface area contributed by atoms with Gasteiger partial charge in [0.1, 0.15) is 5.75 Å². The molecule has 0 aliphatic carbocycles. The van der Waals surface area contributed by atoms with Gasteiger partial charge < -0.3 is 14.2 Å². The summed E-state index contributed by atoms with van der Waals surface area (Å²) in [6.07, 6.45) is 1.49. The van der Waals surface area contributed by atoms with E-state index in [2.05, 4.69) is 0 Å². The molecule has 0 fully saturated rings. The van der Waals surface area contributed by atoms with Gasteiger partial charge in [-0.3, -0.25) is 4.79 Å². The minimum absolute atomic E-state index is 0.461. The van der Waals surface area contributed by atoms with Crippen LogP contribution in [-0.4, -0.2) is 39.8 Å². The Hall–Kier alpha value is -1.10. The topological polar surface area (TPSA) is 44.8 Å². The van der Waals surface area contributed by atoms with Gasteiger partial charge in [0.25, 0.3) is 0 Å². The van der Waals surface area contributed by atoms with E-state index >= 15 is 0 Å². The highest BCUT2D eigenvalue weighted by Gasteiger charge is 2.03. The zero-order valence-electron chi connectivity index (χ0n) is 10.4. The molecule has 0 saturated heterocycles. The molecule has 4 nitrogen and oxygen atoms in total. The molecule has 100 valence electrons. The number of hydrogen-bond donors (Lipinski definition) is 0. The van der Waals surface area contributed by atoms with Gasteiger partial charge in [-0.1, -0.05) is 11.6 Å². The third kappa shape index (κ3) is 5.49. The number of hydrogen-bond acceptors (Lipinski definition) is 4. The molecule has 0 aliphatic heterocycles. The zero-order valence-corrected chi connectivity index (χ0v) is 11.1. The van der Waals surface area contributed by atoms with Gasteiger partial charge in [-0.15, -0.1) is 0 Å². The van der Waals surface area contributed by atoms with Crippen LogP contribution in [0.25, 0.3) is 0 Å². The molecule has 0 saturated carbocycles. The zero-order chi connectivity index (χ0) is 13.2. The van der Waals surface area contributed by atoms with E-state index in [4.69, 9.17) is 25.8 Å². The van der Waals surface area contributed by atoms with Gasteiger partial charge in [0.15, 0.2) is 6.29 Å². The summed E-state index contributed by atoms with van der Waals surface area (Å²) in [5.41, 5.74) is 0.461. The average Bonchev–Trinajstić information content (AvgIpc) is 2.39. The Balaban J connectivity index is 2.25. The third-order valence-corrected chi connectivity index (χ3v) is 2.46. The number of methoxy groups -OCH3 is 1. The van der Waals surface area contributed by atoms with Crippen molar-refractivity contribution in [2.45, 2.75) is 6.42 Å². The van der Waals surface area contributed by atoms with E-state index in [1.165, 1.54) is 0 Å². The summed E-state index contributed by atoms with van der Waals surface area (Å²) in [5.74, 6) is 0.547. The lowest BCUT2D eigenvalue weighted by molar-refractivity contribution is 0.0644. The molecule has 1 rings (SSSR count). The summed E-state index contributed by atoms with van der Waals surface area (Å²) in [6, 6.07) is 4.97. The minimum atomic E-state index is 0.461. The van der Waals surface area contributed by atoms with Crippen LogP contribution >= 0.6 is 11.6 Å². The highest BCUT2D eigenvalue weighted by Crippen LogP contribution is 2.21. The number of carbonyl (C=O) groups excluding carboxylic acids is 1. The summed E-state index contributed by atoms with van der Waals surface area (Å²) < 4.78 is 15.6. The van der Waals surface area contributed by atoms with Gasteiger partial charge in [-0.2, -0.15) is 0 Å². The van der Waals surface area contributed by atoms with Crippen LogP contribution in [0, 0.1) is 0 Å². The predicted molar refractivity (Wildman–Crippen MR) is 69.6 cm³/mol. The predicted octanol–water partition coefficient (Wildman–Crippen LogP) is 2.58. The SMILES string of the molecule is COCCOCCCOc1ccc(Cl)cc1C=O. The van der Waals surface area contributed by atoms with E-state index in [0.717, 1.165) is 12.7 Å². The Labute approximate surface area is 112 Å². The van der Waals surface area contributed by atoms with Crippen LogP contribution in [0.3, 0.4) is 0 Å². The highest BCUT2D eigenvalue weighted by molar-refractivity contribution is 6.30. The van der Waals surface area contributed by atoms with Crippen LogP contribution < -0.4 is 4.74 Å². The summed E-state index contributed by atoms with van der Waals surface area (Å²) >= 11 is 5.78. The van der Waals surface area contributed by atoms with E-state index < -0.39 is 0 Å². The Morgan fingerprint density at radius 3 is 2.78 bits per heavy atom. The van der Waals surface area contributed by atoms with Gasteiger partial charge in [0.2, 0.25) is 0 Å². The molecule has 0 aliphatic rings. The lowest BCUT2D eigenvalue weighted by atomic mass is 10.2. The Morgan fingerprint density at radius 1 is 1.22 bits per heavy atom. The lowest BCUT2D eigenvalue weighted by Crippen LogP contribution is -2.07. The summed E-state index contributed by atoms with van der Waals surface area (Å²) in [4.78, 5) is 10.8. The van der Waals surface area contributed by atoms with Crippen LogP contribution in [0.1, 0.15) is 16.8 Å². The molecular formula is C13H17ClO4. The van der Waals surface area contributed by atoms with Gasteiger partial charge in [-0.25, -0.2) is 0 Å². The second-order valence-corrected chi connectivity index (χ2v) is 4.04. The summed E-state index contributed by atoms with van der Waals surface area (Å²) in [7, 11) is 1.63. The molecule has 0 spiro atoms.